The third-order valence-corrected chi connectivity index (χ3v) is 12.6. The van der Waals surface area contributed by atoms with Gasteiger partial charge in [0.05, 0.1) is 29.0 Å². The molecule has 2 saturated heterocycles. The molecule has 0 bridgehead atoms. The van der Waals surface area contributed by atoms with Gasteiger partial charge in [0, 0.05) is 23.7 Å². The lowest BCUT2D eigenvalue weighted by molar-refractivity contribution is -0.210. The second-order valence-corrected chi connectivity index (χ2v) is 16.9. The van der Waals surface area contributed by atoms with E-state index in [-0.39, 0.29) is 29.8 Å². The van der Waals surface area contributed by atoms with Gasteiger partial charge in [0.25, 0.3) is 0 Å². The van der Waals surface area contributed by atoms with Crippen LogP contribution in [0.1, 0.15) is 114 Å². The Bertz CT molecular complexity index is 1250. The number of ketones is 1. The van der Waals surface area contributed by atoms with Crippen LogP contribution in [0.2, 0.25) is 0 Å². The second kappa shape index (κ2) is 9.83. The number of carbonyl (C=O) groups is 2. The number of aliphatic hydroxyl groups is 2. The van der Waals surface area contributed by atoms with Gasteiger partial charge < -0.3 is 33.9 Å². The van der Waals surface area contributed by atoms with Crippen molar-refractivity contribution in [3.8, 4) is 0 Å². The Morgan fingerprint density at radius 1 is 1.00 bits per heavy atom. The minimum absolute atomic E-state index is 0.0420. The van der Waals surface area contributed by atoms with Crippen LogP contribution in [0.4, 0.5) is 0 Å². The van der Waals surface area contributed by atoms with Crippen molar-refractivity contribution >= 4 is 11.8 Å². The summed E-state index contributed by atoms with van der Waals surface area (Å²) < 4.78 is 31.9. The van der Waals surface area contributed by atoms with Crippen LogP contribution in [0.5, 0.6) is 0 Å². The summed E-state index contributed by atoms with van der Waals surface area (Å²) in [6.45, 7) is 18.9. The number of hydrogen-bond donors (Lipinski definition) is 2. The predicted octanol–water partition coefficient (Wildman–Crippen LogP) is 4.99. The van der Waals surface area contributed by atoms with Gasteiger partial charge in [-0.15, -0.1) is 0 Å². The quantitative estimate of drug-likeness (QED) is 0.411. The predicted molar refractivity (Wildman–Crippen MR) is 161 cm³/mol. The smallest absolute Gasteiger partial charge is 0.303 e. The maximum Gasteiger partial charge on any atom is 0.303 e. The largest absolute Gasteiger partial charge is 0.459 e. The van der Waals surface area contributed by atoms with E-state index in [0.717, 1.165) is 12.0 Å². The van der Waals surface area contributed by atoms with Gasteiger partial charge in [0.15, 0.2) is 17.4 Å². The van der Waals surface area contributed by atoms with Gasteiger partial charge in [-0.1, -0.05) is 13.8 Å². The Morgan fingerprint density at radius 2 is 1.68 bits per heavy atom. The molecule has 0 spiro atoms. The molecule has 4 aliphatic carbocycles. The van der Waals surface area contributed by atoms with Gasteiger partial charge in [0.2, 0.25) is 0 Å². The van der Waals surface area contributed by atoms with E-state index in [0.29, 0.717) is 38.5 Å². The van der Waals surface area contributed by atoms with Crippen LogP contribution in [0, 0.1) is 28.6 Å². The third-order valence-electron chi connectivity index (χ3n) is 12.6. The molecule has 248 valence electrons. The first kappa shape index (κ1) is 32.6. The minimum atomic E-state index is -1.24. The molecule has 6 rings (SSSR count). The molecule has 9 nitrogen and oxygen atoms in total. The molecule has 9 heteroatoms. The Balaban J connectivity index is 1.38. The summed E-state index contributed by atoms with van der Waals surface area (Å²) in [6.07, 6.45) is 4.25. The van der Waals surface area contributed by atoms with Crippen LogP contribution < -0.4 is 0 Å². The SMILES string of the molecule is CC(=O)O[C@@H]1[C@@H]2OC(C)(C)O[C@@H]2CC2C(=O)C=C3C(CC[C@]4(C)C([C@@]5(C)OC(C)(C)O[C@@H]5CCC(C)(C)O)CC[C@@]34O)[C@]21C. The van der Waals surface area contributed by atoms with E-state index in [9.17, 15) is 19.8 Å². The van der Waals surface area contributed by atoms with Gasteiger partial charge in [0.1, 0.15) is 12.2 Å². The highest BCUT2D eigenvalue weighted by molar-refractivity contribution is 5.95. The fourth-order valence-corrected chi connectivity index (χ4v) is 10.8. The van der Waals surface area contributed by atoms with E-state index in [2.05, 4.69) is 20.8 Å². The fraction of sp³-hybridized carbons (Fsp3) is 0.886. The average Bonchev–Trinajstić information content (AvgIpc) is 3.43. The van der Waals surface area contributed by atoms with Gasteiger partial charge >= 0.3 is 5.97 Å². The van der Waals surface area contributed by atoms with Crippen molar-refractivity contribution in [3.63, 3.8) is 0 Å². The van der Waals surface area contributed by atoms with Gasteiger partial charge in [-0.2, -0.15) is 0 Å². The summed E-state index contributed by atoms with van der Waals surface area (Å²) in [5, 5.41) is 23.5. The summed E-state index contributed by atoms with van der Waals surface area (Å²) in [7, 11) is 0. The Hall–Kier alpha value is -1.36. The first-order chi connectivity index (χ1) is 20.1. The lowest BCUT2D eigenvalue weighted by Crippen LogP contribution is -2.67. The Kier molecular flexibility index (Phi) is 7.28. The fourth-order valence-electron chi connectivity index (χ4n) is 10.8. The van der Waals surface area contributed by atoms with Gasteiger partial charge in [-0.25, -0.2) is 0 Å². The molecule has 3 unspecified atom stereocenters. The molecule has 5 fully saturated rings. The summed E-state index contributed by atoms with van der Waals surface area (Å²) >= 11 is 0. The topological polar surface area (TPSA) is 121 Å². The van der Waals surface area contributed by atoms with Crippen LogP contribution >= 0.6 is 0 Å². The number of ether oxygens (including phenoxy) is 5. The molecule has 0 aromatic carbocycles. The highest BCUT2D eigenvalue weighted by Gasteiger charge is 2.73. The second-order valence-electron chi connectivity index (χ2n) is 16.9. The van der Waals surface area contributed by atoms with Crippen LogP contribution in [0.3, 0.4) is 0 Å². The number of carbonyl (C=O) groups excluding carboxylic acids is 2. The molecular weight excluding hydrogens is 564 g/mol. The summed E-state index contributed by atoms with van der Waals surface area (Å²) in [6, 6.07) is 0. The zero-order valence-electron chi connectivity index (χ0n) is 28.3. The molecule has 3 saturated carbocycles. The molecular formula is C35H54O9. The van der Waals surface area contributed by atoms with Crippen molar-refractivity contribution in [2.24, 2.45) is 28.6 Å². The molecule has 11 atom stereocenters. The molecule has 0 radical (unpaired) electrons. The average molecular weight is 619 g/mol. The third kappa shape index (κ3) is 4.69. The number of allylic oxidation sites excluding steroid dienone is 1. The number of rotatable bonds is 5. The summed E-state index contributed by atoms with van der Waals surface area (Å²) in [5.41, 5.74) is -3.37. The number of esters is 1. The van der Waals surface area contributed by atoms with Crippen molar-refractivity contribution in [1.29, 1.82) is 0 Å². The van der Waals surface area contributed by atoms with E-state index in [1.807, 2.05) is 41.5 Å². The molecule has 0 aromatic heterocycles. The molecule has 2 N–H and O–H groups in total. The molecule has 2 aliphatic heterocycles. The van der Waals surface area contributed by atoms with E-state index in [4.69, 9.17) is 23.7 Å². The van der Waals surface area contributed by atoms with Crippen LogP contribution in [-0.2, 0) is 33.3 Å². The van der Waals surface area contributed by atoms with Gasteiger partial charge in [-0.05, 0) is 117 Å². The molecule has 44 heavy (non-hydrogen) atoms. The summed E-state index contributed by atoms with van der Waals surface area (Å²) in [5.74, 6) is -2.76. The number of hydrogen-bond acceptors (Lipinski definition) is 9. The van der Waals surface area contributed by atoms with Crippen molar-refractivity contribution < 1.29 is 43.5 Å². The maximum atomic E-state index is 14.1. The monoisotopic (exact) mass is 618 g/mol. The van der Waals surface area contributed by atoms with E-state index >= 15 is 0 Å². The summed E-state index contributed by atoms with van der Waals surface area (Å²) in [4.78, 5) is 26.7. The molecule has 0 aromatic rings. The lowest BCUT2D eigenvalue weighted by Gasteiger charge is -2.62. The van der Waals surface area contributed by atoms with Crippen molar-refractivity contribution in [2.75, 3.05) is 0 Å². The Morgan fingerprint density at radius 3 is 2.32 bits per heavy atom. The van der Waals surface area contributed by atoms with Gasteiger partial charge in [-0.3, -0.25) is 9.59 Å². The zero-order valence-corrected chi connectivity index (χ0v) is 28.3. The first-order valence-electron chi connectivity index (χ1n) is 16.7. The van der Waals surface area contributed by atoms with Crippen LogP contribution in [0.15, 0.2) is 11.6 Å². The highest BCUT2D eigenvalue weighted by Crippen LogP contribution is 2.70. The minimum Gasteiger partial charge on any atom is -0.459 e. The molecule has 2 heterocycles. The normalized spacial score (nSPS) is 49.0. The standard InChI is InChI=1S/C35H54O9/c1-19(36)40-28-27-24(41-30(4,5)43-27)18-22-23(37)17-21-20(33(22,28)9)11-15-32(8)25(12-16-35(21,32)39)34(10)26(13-14-29(2,3)38)42-31(6,7)44-34/h17,20,22,24-28,38-39H,11-16,18H2,1-10H3/t20?,22?,24-,25?,26-,27-,28-,32-,33-,34-,35-/m1/s1. The highest BCUT2D eigenvalue weighted by atomic mass is 16.8. The lowest BCUT2D eigenvalue weighted by atomic mass is 9.45. The van der Waals surface area contributed by atoms with Crippen molar-refractivity contribution in [3.05, 3.63) is 11.6 Å². The molecule has 6 aliphatic rings. The van der Waals surface area contributed by atoms with E-state index < -0.39 is 63.3 Å². The van der Waals surface area contributed by atoms with E-state index in [1.54, 1.807) is 6.08 Å². The van der Waals surface area contributed by atoms with Crippen molar-refractivity contribution in [2.45, 2.75) is 167 Å². The molecule has 0 amide bonds. The maximum absolute atomic E-state index is 14.1. The first-order valence-corrected chi connectivity index (χ1v) is 16.7. The van der Waals surface area contributed by atoms with Crippen molar-refractivity contribution in [1.82, 2.24) is 0 Å². The van der Waals surface area contributed by atoms with E-state index in [1.165, 1.54) is 6.92 Å². The zero-order chi connectivity index (χ0) is 32.5. The Labute approximate surface area is 262 Å². The number of fused-ring (bicyclic) bond motifs is 6. The van der Waals surface area contributed by atoms with Crippen LogP contribution in [0.25, 0.3) is 0 Å². The van der Waals surface area contributed by atoms with Crippen LogP contribution in [-0.4, -0.2) is 74.8 Å².